The molecule has 0 radical (unpaired) electrons. The van der Waals surface area contributed by atoms with Crippen molar-refractivity contribution in [3.8, 4) is 0 Å². The number of nitrogens with one attached hydrogen (secondary N) is 1. The van der Waals surface area contributed by atoms with Crippen molar-refractivity contribution in [2.45, 2.75) is 44.9 Å². The summed E-state index contributed by atoms with van der Waals surface area (Å²) in [5, 5.41) is 4.21. The molecule has 1 fully saturated rings. The van der Waals surface area contributed by atoms with E-state index in [2.05, 4.69) is 57.1 Å². The Balaban J connectivity index is 2.26. The summed E-state index contributed by atoms with van der Waals surface area (Å²) in [7, 11) is 0. The second-order valence-corrected chi connectivity index (χ2v) is 7.94. The lowest BCUT2D eigenvalue weighted by Crippen LogP contribution is -2.27. The summed E-state index contributed by atoms with van der Waals surface area (Å²) in [4.78, 5) is 6.48. The van der Waals surface area contributed by atoms with E-state index in [-0.39, 0.29) is 5.92 Å². The van der Waals surface area contributed by atoms with E-state index in [9.17, 15) is 0 Å². The molecule has 1 heterocycles. The maximum Gasteiger partial charge on any atom is 0.0475 e. The Labute approximate surface area is 177 Å². The molecule has 2 nitrogen and oxygen atoms in total. The molecule has 1 aliphatic heterocycles. The molecule has 1 aliphatic rings. The highest BCUT2D eigenvalue weighted by molar-refractivity contribution is 9.11. The molecule has 0 spiro atoms. The lowest BCUT2D eigenvalue weighted by Gasteiger charge is -2.24. The largest absolute Gasteiger partial charge is 0.317 e. The fraction of sp³-hybridized carbons (Fsp3) is 0.435. The fourth-order valence-corrected chi connectivity index (χ4v) is 4.31. The quantitative estimate of drug-likeness (QED) is 0.399. The molecule has 1 atom stereocenters. The first-order valence-electron chi connectivity index (χ1n) is 9.77. The first-order valence-corrected chi connectivity index (χ1v) is 11.1. The predicted molar refractivity (Wildman–Crippen MR) is 124 cm³/mol. The number of hydrogen-bond acceptors (Lipinski definition) is 2. The molecule has 0 aliphatic carbocycles. The Kier molecular flexibility index (Phi) is 10.1. The van der Waals surface area contributed by atoms with Crippen molar-refractivity contribution in [3.63, 3.8) is 0 Å². The Bertz CT molecular complexity index is 688. The van der Waals surface area contributed by atoms with Crippen LogP contribution in [0.1, 0.15) is 56.1 Å². The molecule has 2 rings (SSSR count). The van der Waals surface area contributed by atoms with Gasteiger partial charge < -0.3 is 5.32 Å². The molecule has 1 aromatic carbocycles. The van der Waals surface area contributed by atoms with Crippen LogP contribution in [-0.4, -0.2) is 18.8 Å². The topological polar surface area (TPSA) is 24.4 Å². The normalized spacial score (nSPS) is 17.7. The first-order chi connectivity index (χ1) is 13.2. The summed E-state index contributed by atoms with van der Waals surface area (Å²) in [6, 6.07) is 6.14. The summed E-state index contributed by atoms with van der Waals surface area (Å²) in [6.07, 6.45) is 14.0. The van der Waals surface area contributed by atoms with Crippen molar-refractivity contribution in [3.05, 3.63) is 64.3 Å². The van der Waals surface area contributed by atoms with Gasteiger partial charge in [-0.05, 0) is 85.6 Å². The van der Waals surface area contributed by atoms with E-state index in [4.69, 9.17) is 11.6 Å². The number of benzene rings is 1. The summed E-state index contributed by atoms with van der Waals surface area (Å²) >= 11 is 9.66. The fourth-order valence-electron chi connectivity index (χ4n) is 3.84. The van der Waals surface area contributed by atoms with Gasteiger partial charge in [0.15, 0.2) is 0 Å². The van der Waals surface area contributed by atoms with E-state index < -0.39 is 0 Å². The second-order valence-electron chi connectivity index (χ2n) is 6.98. The number of allylic oxidation sites excluding steroid dienone is 2. The van der Waals surface area contributed by atoms with Gasteiger partial charge in [0, 0.05) is 22.9 Å². The minimum atomic E-state index is 0.233. The van der Waals surface area contributed by atoms with E-state index in [0.29, 0.717) is 0 Å². The van der Waals surface area contributed by atoms with Crippen molar-refractivity contribution in [2.75, 3.05) is 13.1 Å². The van der Waals surface area contributed by atoms with Crippen molar-refractivity contribution in [2.24, 2.45) is 10.9 Å². The maximum absolute atomic E-state index is 6.25. The summed E-state index contributed by atoms with van der Waals surface area (Å²) < 4.78 is 0. The van der Waals surface area contributed by atoms with Crippen LogP contribution in [0, 0.1) is 5.92 Å². The Hall–Kier alpha value is -1.16. The number of rotatable bonds is 9. The number of piperidine rings is 1. The van der Waals surface area contributed by atoms with Crippen molar-refractivity contribution in [1.29, 1.82) is 0 Å². The number of halogens is 2. The molecular weight excluding hydrogens is 420 g/mol. The zero-order chi connectivity index (χ0) is 19.5. The minimum Gasteiger partial charge on any atom is -0.317 e. The highest BCUT2D eigenvalue weighted by Gasteiger charge is 2.20. The summed E-state index contributed by atoms with van der Waals surface area (Å²) in [5.41, 5.74) is 3.45. The molecule has 0 aromatic heterocycles. The average Bonchev–Trinajstić information content (AvgIpc) is 2.67. The SMILES string of the molecule is C=CN=C(/C=C\C)C(CCCC1CCNCC1)c1ccc(Cl)cc1/C=C/Br. The van der Waals surface area contributed by atoms with E-state index in [1.807, 2.05) is 24.0 Å². The Morgan fingerprint density at radius 1 is 1.41 bits per heavy atom. The van der Waals surface area contributed by atoms with E-state index in [1.54, 1.807) is 6.20 Å². The molecule has 0 amide bonds. The van der Waals surface area contributed by atoms with Crippen LogP contribution >= 0.6 is 27.5 Å². The Morgan fingerprint density at radius 2 is 2.19 bits per heavy atom. The van der Waals surface area contributed by atoms with Crippen molar-refractivity contribution >= 4 is 39.3 Å². The van der Waals surface area contributed by atoms with Gasteiger partial charge in [-0.3, -0.25) is 4.99 Å². The smallest absolute Gasteiger partial charge is 0.0475 e. The van der Waals surface area contributed by atoms with Crippen LogP contribution in [-0.2, 0) is 0 Å². The molecule has 1 unspecified atom stereocenters. The standard InChI is InChI=1S/C23H30BrClN2/c1-3-6-23(27-4-2)22(8-5-7-18-12-15-26-16-13-18)21-10-9-20(25)17-19(21)11-14-24/h3-4,6,9-11,14,17-18,22,26H,2,5,7-8,12-13,15-16H2,1H3/b6-3-,14-11+,27-23?. The highest BCUT2D eigenvalue weighted by atomic mass is 79.9. The van der Waals surface area contributed by atoms with E-state index >= 15 is 0 Å². The van der Waals surface area contributed by atoms with Crippen LogP contribution in [0.2, 0.25) is 5.02 Å². The summed E-state index contributed by atoms with van der Waals surface area (Å²) in [6.45, 7) is 8.17. The third-order valence-corrected chi connectivity index (χ3v) is 5.66. The lowest BCUT2D eigenvalue weighted by atomic mass is 9.83. The van der Waals surface area contributed by atoms with Crippen LogP contribution in [0.3, 0.4) is 0 Å². The van der Waals surface area contributed by atoms with Crippen molar-refractivity contribution in [1.82, 2.24) is 5.32 Å². The highest BCUT2D eigenvalue weighted by Crippen LogP contribution is 2.32. The zero-order valence-electron chi connectivity index (χ0n) is 16.1. The lowest BCUT2D eigenvalue weighted by molar-refractivity contribution is 0.343. The van der Waals surface area contributed by atoms with Gasteiger partial charge in [0.1, 0.15) is 0 Å². The van der Waals surface area contributed by atoms with E-state index in [0.717, 1.165) is 41.7 Å². The van der Waals surface area contributed by atoms with Gasteiger partial charge in [-0.1, -0.05) is 59.1 Å². The van der Waals surface area contributed by atoms with Crippen LogP contribution in [0.4, 0.5) is 0 Å². The molecule has 1 aromatic rings. The van der Waals surface area contributed by atoms with Gasteiger partial charge in [-0.2, -0.15) is 0 Å². The van der Waals surface area contributed by atoms with Crippen molar-refractivity contribution < 1.29 is 0 Å². The molecule has 0 bridgehead atoms. The monoisotopic (exact) mass is 448 g/mol. The van der Waals surface area contributed by atoms with Gasteiger partial charge in [0.05, 0.1) is 0 Å². The van der Waals surface area contributed by atoms with Crippen LogP contribution < -0.4 is 5.32 Å². The van der Waals surface area contributed by atoms with Gasteiger partial charge in [0.2, 0.25) is 0 Å². The number of hydrogen-bond donors (Lipinski definition) is 1. The molecular formula is C23H30BrClN2. The molecule has 1 N–H and O–H groups in total. The Morgan fingerprint density at radius 3 is 2.85 bits per heavy atom. The van der Waals surface area contributed by atoms with Crippen LogP contribution in [0.25, 0.3) is 6.08 Å². The van der Waals surface area contributed by atoms with Gasteiger partial charge in [-0.25, -0.2) is 0 Å². The van der Waals surface area contributed by atoms with Gasteiger partial charge in [-0.15, -0.1) is 0 Å². The minimum absolute atomic E-state index is 0.233. The predicted octanol–water partition coefficient (Wildman–Crippen LogP) is 7.12. The van der Waals surface area contributed by atoms with Crippen LogP contribution in [0.5, 0.6) is 0 Å². The van der Waals surface area contributed by atoms with Crippen LogP contribution in [0.15, 0.2) is 53.1 Å². The zero-order valence-corrected chi connectivity index (χ0v) is 18.5. The first kappa shape index (κ1) is 22.1. The number of nitrogens with zero attached hydrogens (tertiary/aromatic N) is 1. The van der Waals surface area contributed by atoms with Gasteiger partial charge in [0.25, 0.3) is 0 Å². The maximum atomic E-state index is 6.25. The molecule has 4 heteroatoms. The number of aliphatic imine (C=N–C) groups is 1. The molecule has 1 saturated heterocycles. The average molecular weight is 450 g/mol. The second kappa shape index (κ2) is 12.3. The third-order valence-electron chi connectivity index (χ3n) is 5.17. The molecule has 0 saturated carbocycles. The molecule has 27 heavy (non-hydrogen) atoms. The molecule has 146 valence electrons. The third kappa shape index (κ3) is 7.06. The van der Waals surface area contributed by atoms with Gasteiger partial charge >= 0.3 is 0 Å². The van der Waals surface area contributed by atoms with E-state index in [1.165, 1.54) is 31.2 Å². The summed E-state index contributed by atoms with van der Waals surface area (Å²) in [5.74, 6) is 1.08.